The first-order valence-electron chi connectivity index (χ1n) is 9.47. The van der Waals surface area contributed by atoms with Gasteiger partial charge in [-0.3, -0.25) is 10.1 Å². The second-order valence-corrected chi connectivity index (χ2v) is 7.91. The lowest BCUT2D eigenvalue weighted by Gasteiger charge is -2.38. The van der Waals surface area contributed by atoms with Gasteiger partial charge in [-0.15, -0.1) is 0 Å². The van der Waals surface area contributed by atoms with Gasteiger partial charge >= 0.3 is 12.4 Å². The number of alkyl halides is 6. The van der Waals surface area contributed by atoms with Crippen molar-refractivity contribution in [1.29, 1.82) is 0 Å². The molecule has 2 aliphatic heterocycles. The Morgan fingerprint density at radius 3 is 2.27 bits per heavy atom. The Labute approximate surface area is 167 Å². The fourth-order valence-corrected chi connectivity index (χ4v) is 4.31. The van der Waals surface area contributed by atoms with Gasteiger partial charge in [0.2, 0.25) is 5.91 Å². The zero-order valence-electron chi connectivity index (χ0n) is 15.5. The highest BCUT2D eigenvalue weighted by molar-refractivity contribution is 5.81. The van der Waals surface area contributed by atoms with E-state index < -0.39 is 60.8 Å². The summed E-state index contributed by atoms with van der Waals surface area (Å²) in [5.41, 5.74) is 2.43. The third kappa shape index (κ3) is 4.27. The van der Waals surface area contributed by atoms with Crippen LogP contribution in [0.15, 0.2) is 24.3 Å². The van der Waals surface area contributed by atoms with Crippen LogP contribution >= 0.6 is 0 Å². The molecule has 5 atom stereocenters. The molecule has 1 saturated carbocycles. The summed E-state index contributed by atoms with van der Waals surface area (Å²) < 4.78 is 77.9. The molecular weight excluding hydrogens is 418 g/mol. The summed E-state index contributed by atoms with van der Waals surface area (Å²) in [4.78, 5) is 12.4. The molecule has 1 aromatic rings. The van der Waals surface area contributed by atoms with Crippen molar-refractivity contribution >= 4 is 5.91 Å². The molecule has 4 unspecified atom stereocenters. The maximum absolute atomic E-state index is 13.1. The highest BCUT2D eigenvalue weighted by Gasteiger charge is 2.55. The SMILES string of the molecule is O=C1NC(O)NC2C1C(CC(F)(F)F)NN2[C@H](c1ccc(C(F)(F)F)cc1)C1CC1. The molecule has 4 N–H and O–H groups in total. The predicted octanol–water partition coefficient (Wildman–Crippen LogP) is 2.24. The van der Waals surface area contributed by atoms with Gasteiger partial charge in [0.05, 0.1) is 30.1 Å². The summed E-state index contributed by atoms with van der Waals surface area (Å²) in [6, 6.07) is 2.65. The van der Waals surface area contributed by atoms with E-state index in [1.807, 2.05) is 0 Å². The van der Waals surface area contributed by atoms with E-state index in [0.717, 1.165) is 25.0 Å². The topological polar surface area (TPSA) is 76.6 Å². The lowest BCUT2D eigenvalue weighted by Crippen LogP contribution is -2.64. The van der Waals surface area contributed by atoms with Crippen molar-refractivity contribution in [3.05, 3.63) is 35.4 Å². The number of amides is 1. The van der Waals surface area contributed by atoms with Crippen LogP contribution in [-0.4, -0.2) is 40.8 Å². The van der Waals surface area contributed by atoms with Gasteiger partial charge in [0.1, 0.15) is 0 Å². The van der Waals surface area contributed by atoms with Gasteiger partial charge in [0.25, 0.3) is 0 Å². The molecule has 3 aliphatic rings. The minimum absolute atomic E-state index is 0.00320. The molecule has 0 spiro atoms. The highest BCUT2D eigenvalue weighted by atomic mass is 19.4. The van der Waals surface area contributed by atoms with Gasteiger partial charge in [0.15, 0.2) is 6.35 Å². The Kier molecular flexibility index (Phi) is 5.24. The van der Waals surface area contributed by atoms with E-state index >= 15 is 0 Å². The zero-order chi connectivity index (χ0) is 21.8. The average Bonchev–Trinajstić information content (AvgIpc) is 3.37. The smallest absolute Gasteiger partial charge is 0.361 e. The summed E-state index contributed by atoms with van der Waals surface area (Å²) in [5, 5.41) is 16.2. The van der Waals surface area contributed by atoms with Gasteiger partial charge in [0, 0.05) is 6.04 Å². The van der Waals surface area contributed by atoms with Crippen molar-refractivity contribution in [3.63, 3.8) is 0 Å². The van der Waals surface area contributed by atoms with Gasteiger partial charge in [-0.25, -0.2) is 10.4 Å². The number of fused-ring (bicyclic) bond motifs is 1. The number of nitrogens with one attached hydrogen (secondary N) is 3. The number of carbonyl (C=O) groups excluding carboxylic acids is 1. The Balaban J connectivity index is 1.66. The molecule has 1 aromatic carbocycles. The van der Waals surface area contributed by atoms with Gasteiger partial charge in [-0.05, 0) is 36.5 Å². The summed E-state index contributed by atoms with van der Waals surface area (Å²) in [7, 11) is 0. The van der Waals surface area contributed by atoms with E-state index in [0.29, 0.717) is 5.56 Å². The van der Waals surface area contributed by atoms with Crippen molar-refractivity contribution in [2.75, 3.05) is 0 Å². The Bertz CT molecular complexity index is 795. The largest absolute Gasteiger partial charge is 0.416 e. The van der Waals surface area contributed by atoms with Crippen LogP contribution in [0.5, 0.6) is 0 Å². The quantitative estimate of drug-likeness (QED) is 0.543. The van der Waals surface area contributed by atoms with Crippen LogP contribution in [0.4, 0.5) is 26.3 Å². The number of aliphatic hydroxyl groups is 1. The Morgan fingerprint density at radius 2 is 1.73 bits per heavy atom. The average molecular weight is 438 g/mol. The standard InChI is InChI=1S/C18H20F6N4O2/c19-17(20,21)7-11-12-14(25-16(30)26-15(12)29)28(27-11)13(8-1-2-8)9-3-5-10(6-4-9)18(22,23)24/h3-6,8,11-14,16,25,27,30H,1-2,7H2,(H,26,29)/t11?,12?,13-,14?,16?/m0/s1. The van der Waals surface area contributed by atoms with E-state index in [9.17, 15) is 36.2 Å². The fourth-order valence-electron chi connectivity index (χ4n) is 4.31. The van der Waals surface area contributed by atoms with Crippen molar-refractivity contribution in [2.24, 2.45) is 11.8 Å². The zero-order valence-corrected chi connectivity index (χ0v) is 15.5. The molecule has 0 aromatic heterocycles. The van der Waals surface area contributed by atoms with Gasteiger partial charge < -0.3 is 10.4 Å². The summed E-state index contributed by atoms with van der Waals surface area (Å²) >= 11 is 0. The van der Waals surface area contributed by atoms with Crippen molar-refractivity contribution < 1.29 is 36.2 Å². The number of nitrogens with zero attached hydrogens (tertiary/aromatic N) is 1. The Morgan fingerprint density at radius 1 is 1.10 bits per heavy atom. The number of halogens is 6. The second kappa shape index (κ2) is 7.36. The van der Waals surface area contributed by atoms with Crippen LogP contribution in [0.3, 0.4) is 0 Å². The number of rotatable bonds is 4. The molecular formula is C18H20F6N4O2. The first-order chi connectivity index (χ1) is 13.9. The molecule has 2 heterocycles. The lowest BCUT2D eigenvalue weighted by molar-refractivity contribution is -0.147. The minimum atomic E-state index is -4.53. The first kappa shape index (κ1) is 21.3. The molecule has 3 fully saturated rings. The van der Waals surface area contributed by atoms with E-state index in [1.54, 1.807) is 0 Å². The number of benzene rings is 1. The first-order valence-corrected chi connectivity index (χ1v) is 9.47. The number of carbonyl (C=O) groups is 1. The Hall–Kier alpha value is -1.89. The minimum Gasteiger partial charge on any atom is -0.361 e. The van der Waals surface area contributed by atoms with E-state index in [2.05, 4.69) is 16.1 Å². The van der Waals surface area contributed by atoms with E-state index in [4.69, 9.17) is 0 Å². The van der Waals surface area contributed by atoms with Crippen molar-refractivity contribution in [2.45, 2.75) is 56.2 Å². The van der Waals surface area contributed by atoms with Crippen LogP contribution in [0.25, 0.3) is 0 Å². The third-order valence-electron chi connectivity index (χ3n) is 5.70. The number of hydrogen-bond acceptors (Lipinski definition) is 5. The van der Waals surface area contributed by atoms with Crippen LogP contribution < -0.4 is 16.1 Å². The highest BCUT2D eigenvalue weighted by Crippen LogP contribution is 2.48. The van der Waals surface area contributed by atoms with Gasteiger partial charge in [-0.1, -0.05) is 12.1 Å². The molecule has 1 amide bonds. The molecule has 166 valence electrons. The molecule has 30 heavy (non-hydrogen) atoms. The maximum Gasteiger partial charge on any atom is 0.416 e. The van der Waals surface area contributed by atoms with Gasteiger partial charge in [-0.2, -0.15) is 26.3 Å². The summed E-state index contributed by atoms with van der Waals surface area (Å²) in [6.07, 6.45) is -11.2. The normalized spacial score (nSPS) is 31.4. The van der Waals surface area contributed by atoms with Crippen LogP contribution in [0.1, 0.15) is 36.4 Å². The maximum atomic E-state index is 13.1. The second-order valence-electron chi connectivity index (χ2n) is 7.91. The lowest BCUT2D eigenvalue weighted by atomic mass is 9.92. The summed E-state index contributed by atoms with van der Waals surface area (Å²) in [5.74, 6) is -1.85. The number of hydrazine groups is 1. The van der Waals surface area contributed by atoms with E-state index in [1.165, 1.54) is 17.1 Å². The van der Waals surface area contributed by atoms with Crippen LogP contribution in [0, 0.1) is 11.8 Å². The predicted molar refractivity (Wildman–Crippen MR) is 90.9 cm³/mol. The molecule has 0 radical (unpaired) electrons. The van der Waals surface area contributed by atoms with E-state index in [-0.39, 0.29) is 5.92 Å². The fraction of sp³-hybridized carbons (Fsp3) is 0.611. The molecule has 1 aliphatic carbocycles. The third-order valence-corrected chi connectivity index (χ3v) is 5.70. The molecule has 6 nitrogen and oxygen atoms in total. The molecule has 12 heteroatoms. The number of aliphatic hydroxyl groups excluding tert-OH is 1. The summed E-state index contributed by atoms with van der Waals surface area (Å²) in [6.45, 7) is 0. The monoisotopic (exact) mass is 438 g/mol. The van der Waals surface area contributed by atoms with Crippen molar-refractivity contribution in [3.8, 4) is 0 Å². The van der Waals surface area contributed by atoms with Crippen LogP contribution in [-0.2, 0) is 11.0 Å². The molecule has 2 saturated heterocycles. The number of hydrogen-bond donors (Lipinski definition) is 4. The molecule has 0 bridgehead atoms. The van der Waals surface area contributed by atoms with Crippen molar-refractivity contribution in [1.82, 2.24) is 21.1 Å². The molecule has 4 rings (SSSR count). The van der Waals surface area contributed by atoms with Crippen LogP contribution in [0.2, 0.25) is 0 Å².